The quantitative estimate of drug-likeness (QED) is 0.798. The molecule has 134 valence electrons. The number of hydrogen-bond acceptors (Lipinski definition) is 2. The normalized spacial score (nSPS) is 26.8. The van der Waals surface area contributed by atoms with Gasteiger partial charge in [-0.15, -0.1) is 0 Å². The lowest BCUT2D eigenvalue weighted by atomic mass is 10.1. The van der Waals surface area contributed by atoms with Crippen molar-refractivity contribution in [2.75, 3.05) is 13.1 Å². The summed E-state index contributed by atoms with van der Waals surface area (Å²) in [6.45, 7) is 3.93. The molecule has 0 aromatic heterocycles. The van der Waals surface area contributed by atoms with Crippen molar-refractivity contribution in [2.24, 2.45) is 17.8 Å². The summed E-state index contributed by atoms with van der Waals surface area (Å²) in [6, 6.07) is 22.2. The van der Waals surface area contributed by atoms with E-state index < -0.39 is 0 Å². The maximum atomic E-state index is 12.3. The van der Waals surface area contributed by atoms with Crippen molar-refractivity contribution in [2.45, 2.75) is 32.0 Å². The second-order valence-corrected chi connectivity index (χ2v) is 8.21. The fourth-order valence-electron chi connectivity index (χ4n) is 4.71. The molecule has 0 N–H and O–H groups in total. The zero-order chi connectivity index (χ0) is 17.5. The van der Waals surface area contributed by atoms with E-state index >= 15 is 0 Å². The van der Waals surface area contributed by atoms with Gasteiger partial charge < -0.3 is 4.90 Å². The van der Waals surface area contributed by atoms with Gasteiger partial charge in [0.25, 0.3) is 0 Å². The smallest absolute Gasteiger partial charge is 0.225 e. The number of carbonyl (C=O) groups excluding carboxylic acids is 1. The number of piperidine rings is 1. The number of rotatable bonds is 6. The number of likely N-dealkylation sites (tertiary alicyclic amines) is 1. The molecule has 3 aliphatic rings. The summed E-state index contributed by atoms with van der Waals surface area (Å²) in [4.78, 5) is 17.1. The van der Waals surface area contributed by atoms with Crippen LogP contribution in [0.1, 0.15) is 24.0 Å². The van der Waals surface area contributed by atoms with Crippen LogP contribution in [0.3, 0.4) is 0 Å². The summed E-state index contributed by atoms with van der Waals surface area (Å²) in [5.41, 5.74) is 2.75. The monoisotopic (exact) mass is 346 g/mol. The van der Waals surface area contributed by atoms with E-state index in [1.54, 1.807) is 0 Å². The topological polar surface area (TPSA) is 23.6 Å². The molecular formula is C23H26N2O. The molecule has 3 fully saturated rings. The van der Waals surface area contributed by atoms with Crippen LogP contribution in [0, 0.1) is 17.8 Å². The van der Waals surface area contributed by atoms with E-state index in [4.69, 9.17) is 0 Å². The highest BCUT2D eigenvalue weighted by molar-refractivity contribution is 5.81. The molecule has 5 rings (SSSR count). The van der Waals surface area contributed by atoms with Gasteiger partial charge in [0.05, 0.1) is 0 Å². The Bertz CT molecular complexity index is 718. The summed E-state index contributed by atoms with van der Waals surface area (Å²) in [6.07, 6.45) is 2.23. The van der Waals surface area contributed by atoms with Crippen LogP contribution in [0.25, 0.3) is 0 Å². The molecule has 1 saturated heterocycles. The highest BCUT2D eigenvalue weighted by atomic mass is 16.2. The van der Waals surface area contributed by atoms with E-state index in [0.717, 1.165) is 39.0 Å². The molecule has 3 nitrogen and oxygen atoms in total. The first-order valence-electron chi connectivity index (χ1n) is 9.90. The van der Waals surface area contributed by atoms with Gasteiger partial charge in [-0.05, 0) is 35.8 Å². The summed E-state index contributed by atoms with van der Waals surface area (Å²) >= 11 is 0. The molecule has 0 spiro atoms. The number of nitrogens with zero attached hydrogens (tertiary/aromatic N) is 2. The Labute approximate surface area is 155 Å². The number of benzene rings is 2. The number of fused-ring (bicyclic) bond motifs is 1. The molecule has 2 aromatic carbocycles. The molecule has 0 radical (unpaired) electrons. The van der Waals surface area contributed by atoms with Crippen LogP contribution < -0.4 is 0 Å². The average molecular weight is 346 g/mol. The molecule has 2 aromatic rings. The van der Waals surface area contributed by atoms with Gasteiger partial charge in [0.2, 0.25) is 5.91 Å². The third kappa shape index (κ3) is 3.16. The fraction of sp³-hybridized carbons (Fsp3) is 0.435. The van der Waals surface area contributed by atoms with Gasteiger partial charge in [0.1, 0.15) is 0 Å². The van der Waals surface area contributed by atoms with E-state index in [0.29, 0.717) is 29.7 Å². The highest BCUT2D eigenvalue weighted by Gasteiger charge is 2.59. The van der Waals surface area contributed by atoms with Crippen molar-refractivity contribution in [3.05, 3.63) is 71.8 Å². The SMILES string of the molecule is O=C(C1CC1)N1CC2C(C1)C2N(Cc1ccccc1)Cc1ccccc1. The molecule has 0 bridgehead atoms. The Morgan fingerprint density at radius 1 is 0.846 bits per heavy atom. The Morgan fingerprint density at radius 3 is 1.81 bits per heavy atom. The van der Waals surface area contributed by atoms with Crippen LogP contribution in [-0.4, -0.2) is 34.8 Å². The van der Waals surface area contributed by atoms with E-state index in [1.165, 1.54) is 11.1 Å². The van der Waals surface area contributed by atoms with E-state index in [9.17, 15) is 4.79 Å². The van der Waals surface area contributed by atoms with Gasteiger partial charge in [-0.1, -0.05) is 60.7 Å². The molecule has 3 heteroatoms. The lowest BCUT2D eigenvalue weighted by molar-refractivity contribution is -0.132. The maximum Gasteiger partial charge on any atom is 0.225 e. The van der Waals surface area contributed by atoms with E-state index in [1.807, 2.05) is 0 Å². The van der Waals surface area contributed by atoms with Crippen molar-refractivity contribution < 1.29 is 4.79 Å². The van der Waals surface area contributed by atoms with E-state index in [-0.39, 0.29) is 0 Å². The van der Waals surface area contributed by atoms with Crippen molar-refractivity contribution in [1.29, 1.82) is 0 Å². The van der Waals surface area contributed by atoms with Crippen molar-refractivity contribution in [3.8, 4) is 0 Å². The molecule has 26 heavy (non-hydrogen) atoms. The highest BCUT2D eigenvalue weighted by Crippen LogP contribution is 2.50. The van der Waals surface area contributed by atoms with Crippen LogP contribution >= 0.6 is 0 Å². The third-order valence-corrected chi connectivity index (χ3v) is 6.27. The average Bonchev–Trinajstić information content (AvgIpc) is 3.59. The molecular weight excluding hydrogens is 320 g/mol. The Morgan fingerprint density at radius 2 is 1.35 bits per heavy atom. The van der Waals surface area contributed by atoms with Crippen LogP contribution in [0.5, 0.6) is 0 Å². The fourth-order valence-corrected chi connectivity index (χ4v) is 4.71. The summed E-state index contributed by atoms with van der Waals surface area (Å²) < 4.78 is 0. The first kappa shape index (κ1) is 16.1. The predicted molar refractivity (Wildman–Crippen MR) is 102 cm³/mol. The second kappa shape index (κ2) is 6.55. The van der Waals surface area contributed by atoms with Crippen LogP contribution in [-0.2, 0) is 17.9 Å². The van der Waals surface area contributed by atoms with Gasteiger partial charge in [-0.2, -0.15) is 0 Å². The van der Waals surface area contributed by atoms with Crippen LogP contribution in [0.4, 0.5) is 0 Å². The number of hydrogen-bond donors (Lipinski definition) is 0. The van der Waals surface area contributed by atoms with Gasteiger partial charge >= 0.3 is 0 Å². The minimum atomic E-state index is 0.357. The second-order valence-electron chi connectivity index (χ2n) is 8.21. The Kier molecular flexibility index (Phi) is 4.05. The Hall–Kier alpha value is -2.13. The summed E-state index contributed by atoms with van der Waals surface area (Å²) in [5, 5.41) is 0. The molecule has 2 atom stereocenters. The largest absolute Gasteiger partial charge is 0.342 e. The first-order chi connectivity index (χ1) is 12.8. The zero-order valence-electron chi connectivity index (χ0n) is 15.1. The minimum Gasteiger partial charge on any atom is -0.342 e. The lowest BCUT2D eigenvalue weighted by Crippen LogP contribution is -2.37. The Balaban J connectivity index is 1.29. The van der Waals surface area contributed by atoms with Gasteiger partial charge in [-0.25, -0.2) is 0 Å². The van der Waals surface area contributed by atoms with Crippen molar-refractivity contribution in [1.82, 2.24) is 9.80 Å². The lowest BCUT2D eigenvalue weighted by Gasteiger charge is -2.28. The van der Waals surface area contributed by atoms with Gasteiger partial charge in [0.15, 0.2) is 0 Å². The molecule has 2 aliphatic carbocycles. The van der Waals surface area contributed by atoms with Crippen molar-refractivity contribution in [3.63, 3.8) is 0 Å². The standard InChI is InChI=1S/C23H26N2O/c26-23(19-11-12-19)25-15-20-21(16-25)22(20)24(13-17-7-3-1-4-8-17)14-18-9-5-2-6-10-18/h1-10,19-22H,11-16H2. The molecule has 1 amide bonds. The molecule has 1 aliphatic heterocycles. The molecule has 2 unspecified atom stereocenters. The first-order valence-corrected chi connectivity index (χ1v) is 9.90. The number of carbonyl (C=O) groups is 1. The van der Waals surface area contributed by atoms with E-state index in [2.05, 4.69) is 70.5 Å². The van der Waals surface area contributed by atoms with Crippen molar-refractivity contribution >= 4 is 5.91 Å². The van der Waals surface area contributed by atoms with Crippen LogP contribution in [0.15, 0.2) is 60.7 Å². The zero-order valence-corrected chi connectivity index (χ0v) is 15.1. The number of amides is 1. The summed E-state index contributed by atoms with van der Waals surface area (Å²) in [7, 11) is 0. The summed E-state index contributed by atoms with van der Waals surface area (Å²) in [5.74, 6) is 2.12. The maximum absolute atomic E-state index is 12.3. The van der Waals surface area contributed by atoms with Crippen LogP contribution in [0.2, 0.25) is 0 Å². The van der Waals surface area contributed by atoms with Gasteiger partial charge in [-0.3, -0.25) is 9.69 Å². The third-order valence-electron chi connectivity index (χ3n) is 6.27. The molecule has 2 saturated carbocycles. The minimum absolute atomic E-state index is 0.357. The van der Waals surface area contributed by atoms with Gasteiger partial charge in [0, 0.05) is 38.1 Å². The molecule has 1 heterocycles. The predicted octanol–water partition coefficient (Wildman–Crippen LogP) is 3.56.